The number of fused-ring (bicyclic) bond motifs is 4. The summed E-state index contributed by atoms with van der Waals surface area (Å²) in [6.45, 7) is 21.4. The van der Waals surface area contributed by atoms with Gasteiger partial charge in [0.1, 0.15) is 5.69 Å². The van der Waals surface area contributed by atoms with Gasteiger partial charge in [0.2, 0.25) is 0 Å². The minimum atomic E-state index is -0.491. The fourth-order valence-corrected chi connectivity index (χ4v) is 9.75. The molecule has 1 unspecified atom stereocenters. The summed E-state index contributed by atoms with van der Waals surface area (Å²) in [4.78, 5) is 2.32. The summed E-state index contributed by atoms with van der Waals surface area (Å²) >= 11 is 0. The van der Waals surface area contributed by atoms with Crippen LogP contribution in [0.3, 0.4) is 0 Å². The molecule has 7 rings (SSSR count). The molecule has 3 aromatic rings. The standard InChI is InChI=1S/C54H81B2NO6/c1-11-13-15-17-19-21-22-24-26-28-30-40(29-27-25-23-20-18-16-14-12-2)35-41-36-48-50-49(37-41)59-47-39-43(56-62-53(7,8)54(9,10)63-56)32-34-45(47)57(50)44-33-31-42(38-46(44)58-48)55-60-51(3,4)52(5,6)61-55/h31-34,36-40H,11-30,35H2,1-10H3. The fraction of sp³-hybridized carbons (Fsp3) is 0.667. The van der Waals surface area contributed by atoms with Crippen LogP contribution >= 0.6 is 0 Å². The zero-order valence-corrected chi connectivity index (χ0v) is 41.1. The molecule has 0 amide bonds. The molecular weight excluding hydrogens is 780 g/mol. The number of nitrogens with zero attached hydrogens (tertiary/aromatic N) is 1. The Morgan fingerprint density at radius 1 is 0.444 bits per heavy atom. The summed E-state index contributed by atoms with van der Waals surface area (Å²) in [6.07, 6.45) is 28.1. The van der Waals surface area contributed by atoms with Crippen LogP contribution < -0.4 is 25.3 Å². The molecule has 9 heteroatoms. The van der Waals surface area contributed by atoms with E-state index in [1.807, 2.05) is 0 Å². The number of hydrogen-bond acceptors (Lipinski definition) is 7. The summed E-state index contributed by atoms with van der Waals surface area (Å²) < 4.78 is 40.0. The van der Waals surface area contributed by atoms with Crippen molar-refractivity contribution in [3.8, 4) is 23.0 Å². The van der Waals surface area contributed by atoms with Crippen molar-refractivity contribution in [1.82, 2.24) is 0 Å². The first-order chi connectivity index (χ1) is 30.1. The molecular formula is C54H81B2NO6. The van der Waals surface area contributed by atoms with Crippen molar-refractivity contribution >= 4 is 42.2 Å². The van der Waals surface area contributed by atoms with Crippen LogP contribution in [-0.2, 0) is 25.0 Å². The lowest BCUT2D eigenvalue weighted by atomic mass is 9.78. The Bertz CT molecular complexity index is 1830. The zero-order valence-electron chi connectivity index (χ0n) is 41.1. The third kappa shape index (κ3) is 11.2. The normalized spacial score (nSPS) is 19.0. The number of hydrogen-bond donors (Lipinski definition) is 0. The van der Waals surface area contributed by atoms with Crippen molar-refractivity contribution in [3.05, 3.63) is 54.1 Å². The van der Waals surface area contributed by atoms with Crippen LogP contribution in [0, 0.1) is 5.92 Å². The summed E-state index contributed by atoms with van der Waals surface area (Å²) in [5.41, 5.74) is 4.25. The zero-order chi connectivity index (χ0) is 44.8. The molecule has 7 nitrogen and oxygen atoms in total. The molecule has 0 radical (unpaired) electrons. The Kier molecular flexibility index (Phi) is 15.8. The van der Waals surface area contributed by atoms with Gasteiger partial charge in [0, 0.05) is 0 Å². The number of ether oxygens (including phenoxy) is 2. The highest BCUT2D eigenvalue weighted by atomic mass is 16.7. The van der Waals surface area contributed by atoms with E-state index in [1.54, 1.807) is 0 Å². The predicted molar refractivity (Wildman–Crippen MR) is 264 cm³/mol. The smallest absolute Gasteiger partial charge is 0.453 e. The van der Waals surface area contributed by atoms with Crippen LogP contribution in [0.2, 0.25) is 0 Å². The maximum absolute atomic E-state index is 6.96. The first kappa shape index (κ1) is 48.0. The highest BCUT2D eigenvalue weighted by molar-refractivity contribution is 6.62. The Morgan fingerprint density at radius 3 is 1.16 bits per heavy atom. The van der Waals surface area contributed by atoms with Gasteiger partial charge in [-0.25, -0.2) is 0 Å². The topological polar surface area (TPSA) is 58.6 Å². The van der Waals surface area contributed by atoms with E-state index in [0.717, 1.165) is 57.4 Å². The monoisotopic (exact) mass is 862 g/mol. The van der Waals surface area contributed by atoms with E-state index in [-0.39, 0.29) is 0 Å². The predicted octanol–water partition coefficient (Wildman–Crippen LogP) is 15.0. The van der Waals surface area contributed by atoms with E-state index >= 15 is 0 Å². The van der Waals surface area contributed by atoms with Gasteiger partial charge >= 0.3 is 14.2 Å². The van der Waals surface area contributed by atoms with E-state index < -0.39 is 36.6 Å². The van der Waals surface area contributed by atoms with Crippen molar-refractivity contribution < 1.29 is 28.1 Å². The van der Waals surface area contributed by atoms with Crippen LogP contribution in [0.15, 0.2) is 48.5 Å². The summed E-state index contributed by atoms with van der Waals surface area (Å²) in [6, 6.07) is 17.3. The van der Waals surface area contributed by atoms with Gasteiger partial charge in [0.15, 0.2) is 23.0 Å². The molecule has 3 aromatic carbocycles. The van der Waals surface area contributed by atoms with Gasteiger partial charge in [-0.15, -0.1) is 0 Å². The van der Waals surface area contributed by atoms with Crippen LogP contribution in [0.1, 0.15) is 203 Å². The maximum atomic E-state index is 6.96. The molecule has 0 saturated carbocycles. The average Bonchev–Trinajstić information content (AvgIpc) is 3.60. The van der Waals surface area contributed by atoms with Crippen molar-refractivity contribution in [2.24, 2.45) is 5.92 Å². The Labute approximate surface area is 383 Å². The van der Waals surface area contributed by atoms with Gasteiger partial charge in [-0.3, -0.25) is 4.90 Å². The second-order valence-corrected chi connectivity index (χ2v) is 21.4. The lowest BCUT2D eigenvalue weighted by molar-refractivity contribution is 0.00578. The van der Waals surface area contributed by atoms with E-state index in [9.17, 15) is 0 Å². The summed E-state index contributed by atoms with van der Waals surface area (Å²) in [7, 11) is -0.982. The van der Waals surface area contributed by atoms with Crippen LogP contribution in [0.4, 0.5) is 17.1 Å². The first-order valence-corrected chi connectivity index (χ1v) is 25.4. The lowest BCUT2D eigenvalue weighted by Crippen LogP contribution is -2.41. The number of rotatable bonds is 24. The third-order valence-electron chi connectivity index (χ3n) is 15.2. The molecule has 0 spiro atoms. The quantitative estimate of drug-likeness (QED) is 0.0452. The van der Waals surface area contributed by atoms with Crippen LogP contribution in [0.5, 0.6) is 23.0 Å². The van der Waals surface area contributed by atoms with E-state index in [2.05, 4.69) is 123 Å². The van der Waals surface area contributed by atoms with Crippen LogP contribution in [-0.4, -0.2) is 36.6 Å². The summed E-state index contributed by atoms with van der Waals surface area (Å²) in [5.74, 6) is 3.83. The van der Waals surface area contributed by atoms with Crippen molar-refractivity contribution in [2.75, 3.05) is 4.90 Å². The molecule has 4 heterocycles. The van der Waals surface area contributed by atoms with Gasteiger partial charge in [0.25, 0.3) is 0 Å². The second kappa shape index (κ2) is 20.7. The summed E-state index contributed by atoms with van der Waals surface area (Å²) in [5, 5.41) is 0. The van der Waals surface area contributed by atoms with Crippen molar-refractivity contribution in [2.45, 2.75) is 226 Å². The largest absolute Gasteiger partial charge is 0.494 e. The van der Waals surface area contributed by atoms with Gasteiger partial charge in [-0.05, 0) is 121 Å². The Morgan fingerprint density at radius 2 is 0.794 bits per heavy atom. The second-order valence-electron chi connectivity index (χ2n) is 21.4. The number of unbranched alkanes of at least 4 members (excludes halogenated alkanes) is 16. The van der Waals surface area contributed by atoms with E-state index in [4.69, 9.17) is 28.1 Å². The molecule has 4 aliphatic rings. The van der Waals surface area contributed by atoms with Crippen molar-refractivity contribution in [1.29, 1.82) is 0 Å². The molecule has 63 heavy (non-hydrogen) atoms. The average molecular weight is 862 g/mol. The maximum Gasteiger partial charge on any atom is 0.494 e. The Balaban J connectivity index is 1.14. The molecule has 344 valence electrons. The third-order valence-corrected chi connectivity index (χ3v) is 15.2. The molecule has 1 atom stereocenters. The first-order valence-electron chi connectivity index (χ1n) is 25.4. The van der Waals surface area contributed by atoms with E-state index in [0.29, 0.717) is 5.92 Å². The van der Waals surface area contributed by atoms with Crippen molar-refractivity contribution in [3.63, 3.8) is 0 Å². The molecule has 0 bridgehead atoms. The number of benzene rings is 3. The fourth-order valence-electron chi connectivity index (χ4n) is 9.75. The van der Waals surface area contributed by atoms with E-state index in [1.165, 1.54) is 134 Å². The minimum Gasteiger partial charge on any atom is -0.453 e. The SMILES string of the molecule is CCCCCCCCCCCCC(CCCCCCCCCC)Cc1cc2c3c(c1)Oc1cc(B4OC(C)(C)C(C)(C)O4)ccc1N3c1ccc(B3OC(C)(C)C(C)(C)O3)cc1O2. The highest BCUT2D eigenvalue weighted by Gasteiger charge is 2.53. The molecule has 0 aliphatic carbocycles. The van der Waals surface area contributed by atoms with Gasteiger partial charge < -0.3 is 28.1 Å². The Hall–Kier alpha value is -2.97. The highest BCUT2D eigenvalue weighted by Crippen LogP contribution is 2.60. The molecule has 0 N–H and O–H groups in total. The molecule has 0 aromatic heterocycles. The number of anilines is 3. The molecule has 4 aliphatic heterocycles. The van der Waals surface area contributed by atoms with Gasteiger partial charge in [0.05, 0.1) is 33.8 Å². The minimum absolute atomic E-state index is 0.443. The van der Waals surface area contributed by atoms with Gasteiger partial charge in [-0.2, -0.15) is 0 Å². The van der Waals surface area contributed by atoms with Crippen LogP contribution in [0.25, 0.3) is 0 Å². The lowest BCUT2D eigenvalue weighted by Gasteiger charge is -2.38. The van der Waals surface area contributed by atoms with Gasteiger partial charge in [-0.1, -0.05) is 154 Å². The molecule has 2 saturated heterocycles. The molecule has 2 fully saturated rings.